The maximum absolute atomic E-state index is 12.7. The number of carbonyl (C=O) groups excluding carboxylic acids is 3. The second-order valence-electron chi connectivity index (χ2n) is 20.3. The molecule has 0 fully saturated rings. The van der Waals surface area contributed by atoms with Gasteiger partial charge in [-0.25, -0.2) is 0 Å². The molecule has 0 amide bonds. The number of unbranched alkanes of at least 4 members (excludes halogenated alkanes) is 44. The maximum Gasteiger partial charge on any atom is 0.306 e. The lowest BCUT2D eigenvalue weighted by atomic mass is 10.0. The van der Waals surface area contributed by atoms with Crippen LogP contribution < -0.4 is 0 Å². The van der Waals surface area contributed by atoms with Gasteiger partial charge in [-0.1, -0.05) is 303 Å². The van der Waals surface area contributed by atoms with Gasteiger partial charge >= 0.3 is 17.9 Å². The van der Waals surface area contributed by atoms with E-state index in [9.17, 15) is 14.4 Å². The predicted octanol–water partition coefficient (Wildman–Crippen LogP) is 19.5. The largest absolute Gasteiger partial charge is 0.462 e. The maximum atomic E-state index is 12.7. The van der Waals surface area contributed by atoms with Gasteiger partial charge in [-0.05, 0) is 19.3 Å². The number of esters is 3. The molecule has 0 bridgehead atoms. The standard InChI is InChI=1S/C59H114O6/c1-4-7-10-13-15-17-19-21-23-24-25-26-27-28-29-30-31-32-33-34-35-36-38-39-41-43-46-49-52-58(61)64-55-56(54-63-57(60)51-48-45-12-9-6-3)65-59(62)53-50-47-44-42-40-37-22-20-18-16-14-11-8-5-2/h56H,4-55H2,1-3H3. The van der Waals surface area contributed by atoms with Crippen LogP contribution in [0.25, 0.3) is 0 Å². The molecular weight excluding hydrogens is 805 g/mol. The molecule has 0 saturated heterocycles. The number of hydrogen-bond acceptors (Lipinski definition) is 6. The lowest BCUT2D eigenvalue weighted by molar-refractivity contribution is -0.167. The van der Waals surface area contributed by atoms with Crippen LogP contribution in [0.4, 0.5) is 0 Å². The first-order valence-corrected chi connectivity index (χ1v) is 29.5. The predicted molar refractivity (Wildman–Crippen MR) is 280 cm³/mol. The van der Waals surface area contributed by atoms with Gasteiger partial charge in [-0.3, -0.25) is 14.4 Å². The summed E-state index contributed by atoms with van der Waals surface area (Å²) in [6.45, 7) is 6.62. The van der Waals surface area contributed by atoms with Gasteiger partial charge in [-0.15, -0.1) is 0 Å². The van der Waals surface area contributed by atoms with Crippen LogP contribution in [0.1, 0.15) is 342 Å². The summed E-state index contributed by atoms with van der Waals surface area (Å²) in [6, 6.07) is 0. The molecule has 0 aromatic carbocycles. The minimum Gasteiger partial charge on any atom is -0.462 e. The van der Waals surface area contributed by atoms with E-state index in [1.54, 1.807) is 0 Å². The zero-order chi connectivity index (χ0) is 47.2. The van der Waals surface area contributed by atoms with Gasteiger partial charge in [0.15, 0.2) is 6.10 Å². The molecule has 0 aromatic heterocycles. The Morgan fingerprint density at radius 1 is 0.246 bits per heavy atom. The monoisotopic (exact) mass is 919 g/mol. The third-order valence-electron chi connectivity index (χ3n) is 13.6. The Labute approximate surface area is 406 Å². The summed E-state index contributed by atoms with van der Waals surface area (Å²) in [7, 11) is 0. The zero-order valence-corrected chi connectivity index (χ0v) is 44.3. The van der Waals surface area contributed by atoms with Crippen LogP contribution in [-0.4, -0.2) is 37.2 Å². The molecule has 0 aliphatic heterocycles. The van der Waals surface area contributed by atoms with Gasteiger partial charge in [0, 0.05) is 19.3 Å². The summed E-state index contributed by atoms with van der Waals surface area (Å²) in [5, 5.41) is 0. The summed E-state index contributed by atoms with van der Waals surface area (Å²) < 4.78 is 16.7. The van der Waals surface area contributed by atoms with Gasteiger partial charge in [0.2, 0.25) is 0 Å². The number of carbonyl (C=O) groups is 3. The molecule has 0 aliphatic rings. The van der Waals surface area contributed by atoms with E-state index in [0.29, 0.717) is 19.3 Å². The second kappa shape index (κ2) is 55.0. The van der Waals surface area contributed by atoms with E-state index in [1.165, 1.54) is 238 Å². The molecule has 0 radical (unpaired) electrons. The van der Waals surface area contributed by atoms with Gasteiger partial charge in [-0.2, -0.15) is 0 Å². The molecule has 0 spiro atoms. The smallest absolute Gasteiger partial charge is 0.306 e. The third kappa shape index (κ3) is 53.2. The SMILES string of the molecule is CCCCCCCCCCCCCCCCCCCCCCCCCCCCCCC(=O)OCC(COC(=O)CCCCCCC)OC(=O)CCCCCCCCCCCCCCCC. The molecule has 0 N–H and O–H groups in total. The van der Waals surface area contributed by atoms with Crippen LogP contribution in [0.3, 0.4) is 0 Å². The van der Waals surface area contributed by atoms with E-state index in [0.717, 1.165) is 64.2 Å². The highest BCUT2D eigenvalue weighted by atomic mass is 16.6. The lowest BCUT2D eigenvalue weighted by Gasteiger charge is -2.18. The van der Waals surface area contributed by atoms with E-state index in [1.807, 2.05) is 0 Å². The summed E-state index contributed by atoms with van der Waals surface area (Å²) >= 11 is 0. The van der Waals surface area contributed by atoms with Gasteiger partial charge < -0.3 is 14.2 Å². The minimum atomic E-state index is -0.759. The van der Waals surface area contributed by atoms with Crippen molar-refractivity contribution in [3.05, 3.63) is 0 Å². The van der Waals surface area contributed by atoms with Crippen LogP contribution in [-0.2, 0) is 28.6 Å². The topological polar surface area (TPSA) is 78.9 Å². The van der Waals surface area contributed by atoms with E-state index < -0.39 is 6.10 Å². The van der Waals surface area contributed by atoms with E-state index >= 15 is 0 Å². The van der Waals surface area contributed by atoms with Crippen molar-refractivity contribution >= 4 is 17.9 Å². The molecule has 1 unspecified atom stereocenters. The first kappa shape index (κ1) is 63.4. The van der Waals surface area contributed by atoms with Crippen molar-refractivity contribution in [2.24, 2.45) is 0 Å². The van der Waals surface area contributed by atoms with Crippen LogP contribution >= 0.6 is 0 Å². The molecule has 386 valence electrons. The Kier molecular flexibility index (Phi) is 53.7. The lowest BCUT2D eigenvalue weighted by Crippen LogP contribution is -2.30. The minimum absolute atomic E-state index is 0.0629. The molecule has 0 rings (SSSR count). The van der Waals surface area contributed by atoms with Gasteiger partial charge in [0.25, 0.3) is 0 Å². The highest BCUT2D eigenvalue weighted by Crippen LogP contribution is 2.18. The Morgan fingerprint density at radius 2 is 0.415 bits per heavy atom. The molecule has 0 saturated carbocycles. The average Bonchev–Trinajstić information content (AvgIpc) is 3.30. The normalized spacial score (nSPS) is 11.9. The fraction of sp³-hybridized carbons (Fsp3) is 0.949. The fourth-order valence-electron chi connectivity index (χ4n) is 9.15. The van der Waals surface area contributed by atoms with Gasteiger partial charge in [0.05, 0.1) is 0 Å². The van der Waals surface area contributed by atoms with Crippen molar-refractivity contribution in [2.45, 2.75) is 348 Å². The molecule has 6 heteroatoms. The van der Waals surface area contributed by atoms with Crippen molar-refractivity contribution in [3.8, 4) is 0 Å². The summed E-state index contributed by atoms with van der Waals surface area (Å²) in [5.41, 5.74) is 0. The summed E-state index contributed by atoms with van der Waals surface area (Å²) in [4.78, 5) is 37.7. The average molecular weight is 920 g/mol. The first-order chi connectivity index (χ1) is 32.0. The number of ether oxygens (including phenoxy) is 3. The number of hydrogen-bond donors (Lipinski definition) is 0. The third-order valence-corrected chi connectivity index (χ3v) is 13.6. The second-order valence-corrected chi connectivity index (χ2v) is 20.3. The Balaban J connectivity index is 3.91. The van der Waals surface area contributed by atoms with Crippen molar-refractivity contribution in [3.63, 3.8) is 0 Å². The summed E-state index contributed by atoms with van der Waals surface area (Å²) in [5.74, 6) is -0.854. The highest BCUT2D eigenvalue weighted by molar-refractivity contribution is 5.71. The van der Waals surface area contributed by atoms with Crippen molar-refractivity contribution in [1.29, 1.82) is 0 Å². The van der Waals surface area contributed by atoms with Crippen molar-refractivity contribution < 1.29 is 28.6 Å². The molecule has 6 nitrogen and oxygen atoms in total. The molecule has 0 heterocycles. The quantitative estimate of drug-likeness (QED) is 0.0344. The van der Waals surface area contributed by atoms with Gasteiger partial charge in [0.1, 0.15) is 13.2 Å². The molecule has 1 atom stereocenters. The van der Waals surface area contributed by atoms with E-state index in [4.69, 9.17) is 14.2 Å². The van der Waals surface area contributed by atoms with Crippen molar-refractivity contribution in [1.82, 2.24) is 0 Å². The van der Waals surface area contributed by atoms with Crippen LogP contribution in [0.15, 0.2) is 0 Å². The first-order valence-electron chi connectivity index (χ1n) is 29.5. The zero-order valence-electron chi connectivity index (χ0n) is 44.3. The summed E-state index contributed by atoms with van der Waals surface area (Å²) in [6.07, 6.45) is 61.6. The molecule has 0 aromatic rings. The van der Waals surface area contributed by atoms with E-state index in [-0.39, 0.29) is 31.1 Å². The molecular formula is C59H114O6. The molecule has 0 aliphatic carbocycles. The number of rotatable bonds is 55. The Morgan fingerprint density at radius 3 is 0.615 bits per heavy atom. The van der Waals surface area contributed by atoms with Crippen LogP contribution in [0.5, 0.6) is 0 Å². The van der Waals surface area contributed by atoms with Crippen LogP contribution in [0.2, 0.25) is 0 Å². The Hall–Kier alpha value is -1.59. The highest BCUT2D eigenvalue weighted by Gasteiger charge is 2.19. The van der Waals surface area contributed by atoms with Crippen molar-refractivity contribution in [2.75, 3.05) is 13.2 Å². The fourth-order valence-corrected chi connectivity index (χ4v) is 9.15. The molecule has 65 heavy (non-hydrogen) atoms. The Bertz CT molecular complexity index is 967. The van der Waals surface area contributed by atoms with E-state index in [2.05, 4.69) is 20.8 Å². The van der Waals surface area contributed by atoms with Crippen LogP contribution in [0, 0.1) is 0 Å².